The number of carbonyl (C=O) groups is 2. The molecule has 2 aliphatic heterocycles. The molecule has 0 radical (unpaired) electrons. The minimum Gasteiger partial charge on any atom is -0.334 e. The van der Waals surface area contributed by atoms with E-state index in [-0.39, 0.29) is 6.04 Å². The van der Waals surface area contributed by atoms with Crippen LogP contribution >= 0.6 is 0 Å². The number of amides is 2. The van der Waals surface area contributed by atoms with E-state index in [1.165, 1.54) is 0 Å². The molecule has 0 aliphatic carbocycles. The third-order valence-electron chi connectivity index (χ3n) is 4.51. The van der Waals surface area contributed by atoms with E-state index in [0.29, 0.717) is 0 Å². The van der Waals surface area contributed by atoms with Gasteiger partial charge in [0.05, 0.1) is 0 Å². The summed E-state index contributed by atoms with van der Waals surface area (Å²) >= 11 is 0. The number of rotatable bonds is 2. The topological polar surface area (TPSA) is 59.1 Å². The van der Waals surface area contributed by atoms with Gasteiger partial charge in [-0.15, -0.1) is 0 Å². The van der Waals surface area contributed by atoms with Crippen LogP contribution in [0.15, 0.2) is 0 Å². The van der Waals surface area contributed by atoms with Crippen LogP contribution in [0.2, 0.25) is 0 Å². The van der Waals surface area contributed by atoms with Crippen LogP contribution in [0.4, 0.5) is 0 Å². The lowest BCUT2D eigenvalue weighted by Crippen LogP contribution is -2.56. The molecule has 0 unspecified atom stereocenters. The Bertz CT molecular complexity index is 374. The smallest absolute Gasteiger partial charge is 0.323 e. The molecule has 2 heterocycles. The van der Waals surface area contributed by atoms with Gasteiger partial charge in [0.15, 0.2) is 0 Å². The maximum atomic E-state index is 12.2. The third-order valence-corrected chi connectivity index (χ3v) is 4.51. The SMILES string of the molecule is CN1CCC(N(C)C(=O)C(=O)NN2CCN(C)CC2)CC1. The second-order valence-electron chi connectivity index (χ2n) is 6.18. The van der Waals surface area contributed by atoms with Crippen molar-refractivity contribution < 1.29 is 9.59 Å². The molecule has 0 aromatic rings. The molecule has 2 fully saturated rings. The lowest BCUT2D eigenvalue weighted by molar-refractivity contribution is -0.149. The van der Waals surface area contributed by atoms with Crippen LogP contribution in [0.25, 0.3) is 0 Å². The van der Waals surface area contributed by atoms with Gasteiger partial charge >= 0.3 is 11.8 Å². The van der Waals surface area contributed by atoms with Crippen molar-refractivity contribution in [3.63, 3.8) is 0 Å². The molecule has 0 aromatic heterocycles. The second kappa shape index (κ2) is 7.20. The number of piperazine rings is 1. The largest absolute Gasteiger partial charge is 0.334 e. The summed E-state index contributed by atoms with van der Waals surface area (Å²) in [5.74, 6) is -0.940. The van der Waals surface area contributed by atoms with E-state index in [1.807, 2.05) is 5.01 Å². The van der Waals surface area contributed by atoms with Gasteiger partial charge in [-0.3, -0.25) is 15.0 Å². The fourth-order valence-corrected chi connectivity index (χ4v) is 2.82. The van der Waals surface area contributed by atoms with Gasteiger partial charge in [-0.1, -0.05) is 0 Å². The fourth-order valence-electron chi connectivity index (χ4n) is 2.82. The summed E-state index contributed by atoms with van der Waals surface area (Å²) in [6.07, 6.45) is 1.86. The first-order valence-electron chi connectivity index (χ1n) is 7.67. The van der Waals surface area contributed by atoms with Crippen LogP contribution in [0.3, 0.4) is 0 Å². The van der Waals surface area contributed by atoms with Gasteiger partial charge in [0.1, 0.15) is 0 Å². The van der Waals surface area contributed by atoms with Crippen molar-refractivity contribution >= 4 is 11.8 Å². The van der Waals surface area contributed by atoms with E-state index < -0.39 is 11.8 Å². The standard InChI is InChI=1S/C14H27N5O2/c1-16-6-4-12(5-7-16)18(3)14(21)13(20)15-19-10-8-17(2)9-11-19/h12H,4-11H2,1-3H3,(H,15,20). The predicted octanol–water partition coefficient (Wildman–Crippen LogP) is -1.18. The normalized spacial score (nSPS) is 23.0. The van der Waals surface area contributed by atoms with Crippen LogP contribution in [-0.2, 0) is 9.59 Å². The fraction of sp³-hybridized carbons (Fsp3) is 0.857. The van der Waals surface area contributed by atoms with Gasteiger partial charge in [-0.25, -0.2) is 5.01 Å². The van der Waals surface area contributed by atoms with Crippen molar-refractivity contribution in [2.75, 3.05) is 60.4 Å². The number of hydrogen-bond acceptors (Lipinski definition) is 5. The highest BCUT2D eigenvalue weighted by molar-refractivity contribution is 6.34. The van der Waals surface area contributed by atoms with Gasteiger partial charge in [0.25, 0.3) is 0 Å². The average Bonchev–Trinajstić information content (AvgIpc) is 2.49. The zero-order chi connectivity index (χ0) is 15.4. The molecule has 2 saturated heterocycles. The number of likely N-dealkylation sites (N-methyl/N-ethyl adjacent to an activating group) is 2. The Morgan fingerprint density at radius 1 is 0.952 bits per heavy atom. The van der Waals surface area contributed by atoms with E-state index in [2.05, 4.69) is 29.3 Å². The Balaban J connectivity index is 1.80. The highest BCUT2D eigenvalue weighted by Gasteiger charge is 2.29. The number of nitrogens with zero attached hydrogens (tertiary/aromatic N) is 4. The summed E-state index contributed by atoms with van der Waals surface area (Å²) in [6.45, 7) is 5.27. The zero-order valence-electron chi connectivity index (χ0n) is 13.3. The molecule has 0 saturated carbocycles. The Morgan fingerprint density at radius 3 is 2.05 bits per heavy atom. The second-order valence-corrected chi connectivity index (χ2v) is 6.18. The van der Waals surface area contributed by atoms with Gasteiger partial charge in [0, 0.05) is 39.3 Å². The molecule has 21 heavy (non-hydrogen) atoms. The molecule has 0 spiro atoms. The molecule has 2 amide bonds. The first kappa shape index (κ1) is 16.2. The predicted molar refractivity (Wildman–Crippen MR) is 80.5 cm³/mol. The minimum atomic E-state index is -0.513. The molecule has 120 valence electrons. The Hall–Kier alpha value is -1.18. The van der Waals surface area contributed by atoms with Gasteiger partial charge < -0.3 is 14.7 Å². The Morgan fingerprint density at radius 2 is 1.48 bits per heavy atom. The first-order valence-corrected chi connectivity index (χ1v) is 7.67. The number of carbonyl (C=O) groups excluding carboxylic acids is 2. The van der Waals surface area contributed by atoms with E-state index in [0.717, 1.165) is 52.1 Å². The quantitative estimate of drug-likeness (QED) is 0.650. The van der Waals surface area contributed by atoms with Crippen molar-refractivity contribution in [3.8, 4) is 0 Å². The van der Waals surface area contributed by atoms with Crippen LogP contribution in [0, 0.1) is 0 Å². The summed E-state index contributed by atoms with van der Waals surface area (Å²) in [5, 5.41) is 1.84. The third kappa shape index (κ3) is 4.39. The van der Waals surface area contributed by atoms with E-state index in [1.54, 1.807) is 11.9 Å². The maximum absolute atomic E-state index is 12.2. The van der Waals surface area contributed by atoms with Crippen LogP contribution in [-0.4, -0.2) is 98.0 Å². The van der Waals surface area contributed by atoms with Crippen molar-refractivity contribution in [1.82, 2.24) is 25.1 Å². The highest BCUT2D eigenvalue weighted by atomic mass is 16.2. The molecule has 2 aliphatic rings. The van der Waals surface area contributed by atoms with Gasteiger partial charge in [0.2, 0.25) is 0 Å². The number of nitrogens with one attached hydrogen (secondary N) is 1. The number of piperidine rings is 1. The maximum Gasteiger partial charge on any atom is 0.323 e. The lowest BCUT2D eigenvalue weighted by Gasteiger charge is -2.36. The van der Waals surface area contributed by atoms with E-state index >= 15 is 0 Å². The van der Waals surface area contributed by atoms with Gasteiger partial charge in [-0.2, -0.15) is 0 Å². The summed E-state index contributed by atoms with van der Waals surface area (Å²) < 4.78 is 0. The highest BCUT2D eigenvalue weighted by Crippen LogP contribution is 2.14. The van der Waals surface area contributed by atoms with Crippen LogP contribution in [0.1, 0.15) is 12.8 Å². The lowest BCUT2D eigenvalue weighted by atomic mass is 10.0. The molecule has 2 rings (SSSR count). The summed E-state index contributed by atoms with van der Waals surface area (Å²) in [5.41, 5.74) is 2.73. The summed E-state index contributed by atoms with van der Waals surface area (Å²) in [6, 6.07) is 0.173. The van der Waals surface area contributed by atoms with Crippen molar-refractivity contribution in [2.24, 2.45) is 0 Å². The molecular formula is C14H27N5O2. The minimum absolute atomic E-state index is 0.173. The number of likely N-dealkylation sites (tertiary alicyclic amines) is 1. The summed E-state index contributed by atoms with van der Waals surface area (Å²) in [7, 11) is 5.87. The molecule has 1 N–H and O–H groups in total. The average molecular weight is 297 g/mol. The number of hydrogen-bond donors (Lipinski definition) is 1. The Kier molecular flexibility index (Phi) is 5.55. The zero-order valence-corrected chi connectivity index (χ0v) is 13.3. The molecule has 0 aromatic carbocycles. The summed E-state index contributed by atoms with van der Waals surface area (Å²) in [4.78, 5) is 30.4. The van der Waals surface area contributed by atoms with E-state index in [4.69, 9.17) is 0 Å². The Labute approximate surface area is 126 Å². The number of hydrazine groups is 1. The van der Waals surface area contributed by atoms with E-state index in [9.17, 15) is 9.59 Å². The molecular weight excluding hydrogens is 270 g/mol. The molecule has 7 nitrogen and oxygen atoms in total. The van der Waals surface area contributed by atoms with Crippen LogP contribution in [0.5, 0.6) is 0 Å². The molecule has 7 heteroatoms. The molecule has 0 bridgehead atoms. The first-order chi connectivity index (χ1) is 9.97. The molecule has 0 atom stereocenters. The van der Waals surface area contributed by atoms with Crippen LogP contribution < -0.4 is 5.43 Å². The van der Waals surface area contributed by atoms with Crippen molar-refractivity contribution in [2.45, 2.75) is 18.9 Å². The van der Waals surface area contributed by atoms with Crippen molar-refractivity contribution in [3.05, 3.63) is 0 Å². The van der Waals surface area contributed by atoms with Crippen molar-refractivity contribution in [1.29, 1.82) is 0 Å². The monoisotopic (exact) mass is 297 g/mol. The van der Waals surface area contributed by atoms with Gasteiger partial charge in [-0.05, 0) is 40.0 Å².